The molecule has 4 aromatic rings. The summed E-state index contributed by atoms with van der Waals surface area (Å²) in [6, 6.07) is 7.87. The molecule has 0 radical (unpaired) electrons. The standard InChI is InChI=1S/C16H12N4O4S2/c21-16-20-13-2-1-12(7-14(13)24-16)26(22,23)18-8-11-9-25-15(19-11)10-3-5-17-6-4-10/h1-7,9,18H,8H2,(H,20,21). The average molecular weight is 388 g/mol. The highest BCUT2D eigenvalue weighted by molar-refractivity contribution is 7.89. The Morgan fingerprint density at radius 1 is 1.19 bits per heavy atom. The molecule has 0 unspecified atom stereocenters. The van der Waals surface area contributed by atoms with Crippen molar-refractivity contribution < 1.29 is 12.8 Å². The van der Waals surface area contributed by atoms with Crippen molar-refractivity contribution in [3.63, 3.8) is 0 Å². The smallest absolute Gasteiger partial charge is 0.408 e. The molecule has 8 nitrogen and oxygen atoms in total. The van der Waals surface area contributed by atoms with Gasteiger partial charge in [-0.3, -0.25) is 9.97 Å². The van der Waals surface area contributed by atoms with Gasteiger partial charge in [-0.15, -0.1) is 11.3 Å². The minimum atomic E-state index is -3.77. The van der Waals surface area contributed by atoms with Crippen LogP contribution in [-0.2, 0) is 16.6 Å². The molecule has 0 aliphatic rings. The summed E-state index contributed by atoms with van der Waals surface area (Å²) in [5.41, 5.74) is 2.16. The van der Waals surface area contributed by atoms with E-state index in [2.05, 4.69) is 19.7 Å². The molecule has 0 saturated carbocycles. The molecule has 3 heterocycles. The average Bonchev–Trinajstić information content (AvgIpc) is 3.25. The number of aromatic amines is 1. The zero-order chi connectivity index (χ0) is 18.1. The van der Waals surface area contributed by atoms with Gasteiger partial charge in [0.1, 0.15) is 5.01 Å². The Balaban J connectivity index is 1.52. The van der Waals surface area contributed by atoms with Gasteiger partial charge in [-0.05, 0) is 24.3 Å². The molecule has 132 valence electrons. The Labute approximate surface area is 151 Å². The van der Waals surface area contributed by atoms with E-state index in [4.69, 9.17) is 4.42 Å². The lowest BCUT2D eigenvalue weighted by atomic mass is 10.3. The number of sulfonamides is 1. The molecule has 0 amide bonds. The van der Waals surface area contributed by atoms with Crippen molar-refractivity contribution in [1.82, 2.24) is 19.7 Å². The van der Waals surface area contributed by atoms with Gasteiger partial charge in [-0.25, -0.2) is 22.9 Å². The second kappa shape index (κ2) is 6.48. The highest BCUT2D eigenvalue weighted by atomic mass is 32.2. The van der Waals surface area contributed by atoms with E-state index in [0.29, 0.717) is 11.2 Å². The Bertz CT molecular complexity index is 1230. The molecular formula is C16H12N4O4S2. The number of thiazole rings is 1. The molecule has 0 aliphatic carbocycles. The summed E-state index contributed by atoms with van der Waals surface area (Å²) < 4.78 is 32.3. The number of hydrogen-bond acceptors (Lipinski definition) is 7. The van der Waals surface area contributed by atoms with Gasteiger partial charge in [0.15, 0.2) is 5.58 Å². The van der Waals surface area contributed by atoms with Crippen molar-refractivity contribution in [3.8, 4) is 10.6 Å². The number of H-pyrrole nitrogens is 1. The highest BCUT2D eigenvalue weighted by Gasteiger charge is 2.16. The number of rotatable bonds is 5. The van der Waals surface area contributed by atoms with Crippen LogP contribution >= 0.6 is 11.3 Å². The molecule has 26 heavy (non-hydrogen) atoms. The molecular weight excluding hydrogens is 376 g/mol. The minimum Gasteiger partial charge on any atom is -0.408 e. The number of oxazole rings is 1. The number of aromatic nitrogens is 3. The van der Waals surface area contributed by atoms with E-state index in [1.54, 1.807) is 17.8 Å². The third-order valence-electron chi connectivity index (χ3n) is 3.63. The van der Waals surface area contributed by atoms with Gasteiger partial charge in [0, 0.05) is 29.4 Å². The molecule has 1 aromatic carbocycles. The predicted molar refractivity (Wildman–Crippen MR) is 96.2 cm³/mol. The van der Waals surface area contributed by atoms with Gasteiger partial charge in [-0.2, -0.15) is 0 Å². The Hall–Kier alpha value is -2.82. The third kappa shape index (κ3) is 3.29. The van der Waals surface area contributed by atoms with E-state index < -0.39 is 15.8 Å². The van der Waals surface area contributed by atoms with E-state index in [-0.39, 0.29) is 17.0 Å². The van der Waals surface area contributed by atoms with E-state index in [0.717, 1.165) is 10.6 Å². The SMILES string of the molecule is O=c1[nH]c2ccc(S(=O)(=O)NCc3csc(-c4ccncc4)n3)cc2o1. The summed E-state index contributed by atoms with van der Waals surface area (Å²) in [7, 11) is -3.77. The lowest BCUT2D eigenvalue weighted by Crippen LogP contribution is -2.23. The first kappa shape index (κ1) is 16.6. The lowest BCUT2D eigenvalue weighted by molar-refractivity contribution is 0.553. The van der Waals surface area contributed by atoms with E-state index in [9.17, 15) is 13.2 Å². The number of fused-ring (bicyclic) bond motifs is 1. The summed E-state index contributed by atoms with van der Waals surface area (Å²) in [6.07, 6.45) is 3.35. The maximum Gasteiger partial charge on any atom is 0.417 e. The van der Waals surface area contributed by atoms with Gasteiger partial charge in [0.25, 0.3) is 0 Å². The van der Waals surface area contributed by atoms with Crippen LogP contribution in [0.15, 0.2) is 62.2 Å². The largest absolute Gasteiger partial charge is 0.417 e. The molecule has 0 aliphatic heterocycles. The summed E-state index contributed by atoms with van der Waals surface area (Å²) in [6.45, 7) is 0.0546. The van der Waals surface area contributed by atoms with Crippen LogP contribution in [0.2, 0.25) is 0 Å². The summed E-state index contributed by atoms with van der Waals surface area (Å²) in [5.74, 6) is -0.631. The van der Waals surface area contributed by atoms with Crippen LogP contribution in [0.3, 0.4) is 0 Å². The number of hydrogen-bond donors (Lipinski definition) is 2. The van der Waals surface area contributed by atoms with Crippen molar-refractivity contribution >= 4 is 32.5 Å². The van der Waals surface area contributed by atoms with Crippen molar-refractivity contribution in [3.05, 3.63) is 64.4 Å². The fourth-order valence-corrected chi connectivity index (χ4v) is 4.20. The second-order valence-electron chi connectivity index (χ2n) is 5.38. The summed E-state index contributed by atoms with van der Waals surface area (Å²) in [4.78, 5) is 22.0. The summed E-state index contributed by atoms with van der Waals surface area (Å²) in [5, 5.41) is 2.59. The first-order valence-electron chi connectivity index (χ1n) is 7.49. The zero-order valence-electron chi connectivity index (χ0n) is 13.2. The number of nitrogens with zero attached hydrogens (tertiary/aromatic N) is 2. The Morgan fingerprint density at radius 3 is 2.81 bits per heavy atom. The summed E-state index contributed by atoms with van der Waals surface area (Å²) >= 11 is 1.43. The van der Waals surface area contributed by atoms with Crippen LogP contribution < -0.4 is 10.5 Å². The van der Waals surface area contributed by atoms with Crippen LogP contribution in [0.25, 0.3) is 21.7 Å². The Kier molecular flexibility index (Phi) is 4.15. The molecule has 0 spiro atoms. The van der Waals surface area contributed by atoms with Crippen LogP contribution in [0.5, 0.6) is 0 Å². The molecule has 4 rings (SSSR count). The van der Waals surface area contributed by atoms with Crippen LogP contribution in [0.1, 0.15) is 5.69 Å². The van der Waals surface area contributed by atoms with Crippen molar-refractivity contribution in [2.45, 2.75) is 11.4 Å². The second-order valence-corrected chi connectivity index (χ2v) is 8.00. The van der Waals surface area contributed by atoms with Gasteiger partial charge in [0.05, 0.1) is 22.7 Å². The van der Waals surface area contributed by atoms with E-state index in [1.165, 1.54) is 29.5 Å². The first-order valence-corrected chi connectivity index (χ1v) is 9.85. The van der Waals surface area contributed by atoms with Crippen LogP contribution in [0.4, 0.5) is 0 Å². The fraction of sp³-hybridized carbons (Fsp3) is 0.0625. The van der Waals surface area contributed by atoms with Gasteiger partial charge < -0.3 is 4.42 Å². The number of benzene rings is 1. The normalized spacial score (nSPS) is 11.8. The number of pyridine rings is 1. The maximum absolute atomic E-state index is 12.5. The van der Waals surface area contributed by atoms with E-state index >= 15 is 0 Å². The van der Waals surface area contributed by atoms with Gasteiger partial charge in [0.2, 0.25) is 10.0 Å². The minimum absolute atomic E-state index is 0.0114. The molecule has 0 fully saturated rings. The van der Waals surface area contributed by atoms with Crippen molar-refractivity contribution in [2.24, 2.45) is 0 Å². The van der Waals surface area contributed by atoms with Crippen LogP contribution in [0, 0.1) is 0 Å². The van der Waals surface area contributed by atoms with Gasteiger partial charge >= 0.3 is 5.76 Å². The third-order valence-corrected chi connectivity index (χ3v) is 5.96. The molecule has 0 atom stereocenters. The first-order chi connectivity index (χ1) is 12.5. The predicted octanol–water partition coefficient (Wildman–Crippen LogP) is 2.12. The van der Waals surface area contributed by atoms with Crippen molar-refractivity contribution in [1.29, 1.82) is 0 Å². The fourth-order valence-electron chi connectivity index (χ4n) is 2.36. The quantitative estimate of drug-likeness (QED) is 0.541. The van der Waals surface area contributed by atoms with Crippen LogP contribution in [-0.4, -0.2) is 23.4 Å². The lowest BCUT2D eigenvalue weighted by Gasteiger charge is -2.05. The molecule has 2 N–H and O–H groups in total. The number of nitrogens with one attached hydrogen (secondary N) is 2. The molecule has 10 heteroatoms. The zero-order valence-corrected chi connectivity index (χ0v) is 14.8. The van der Waals surface area contributed by atoms with Gasteiger partial charge in [-0.1, -0.05) is 0 Å². The molecule has 3 aromatic heterocycles. The maximum atomic E-state index is 12.5. The highest BCUT2D eigenvalue weighted by Crippen LogP contribution is 2.23. The molecule has 0 saturated heterocycles. The molecule has 0 bridgehead atoms. The Morgan fingerprint density at radius 2 is 2.00 bits per heavy atom. The topological polar surface area (TPSA) is 118 Å². The van der Waals surface area contributed by atoms with E-state index in [1.807, 2.05) is 12.1 Å². The monoisotopic (exact) mass is 388 g/mol. The van der Waals surface area contributed by atoms with Crippen molar-refractivity contribution in [2.75, 3.05) is 0 Å².